The predicted molar refractivity (Wildman–Crippen MR) is 83.7 cm³/mol. The maximum Gasteiger partial charge on any atom is 0.221 e. The summed E-state index contributed by atoms with van der Waals surface area (Å²) >= 11 is 1.55. The van der Waals surface area contributed by atoms with Gasteiger partial charge in [-0.3, -0.25) is 9.78 Å². The summed E-state index contributed by atoms with van der Waals surface area (Å²) in [4.78, 5) is 20.0. The molecule has 1 aromatic carbocycles. The van der Waals surface area contributed by atoms with Crippen LogP contribution in [-0.4, -0.2) is 23.0 Å². The summed E-state index contributed by atoms with van der Waals surface area (Å²) in [6.45, 7) is 1.48. The SMILES string of the molecule is COc1ccc2sc(-c3cnccc3NC(C)=O)nc2c1. The van der Waals surface area contributed by atoms with E-state index in [1.807, 2.05) is 18.2 Å². The molecule has 0 atom stereocenters. The largest absolute Gasteiger partial charge is 0.497 e. The van der Waals surface area contributed by atoms with Crippen LogP contribution in [0.5, 0.6) is 5.75 Å². The van der Waals surface area contributed by atoms with Crippen molar-refractivity contribution in [1.29, 1.82) is 0 Å². The molecule has 0 radical (unpaired) electrons. The Labute approximate surface area is 125 Å². The standard InChI is InChI=1S/C15H13N3O2S/c1-9(19)17-12-5-6-16-8-11(12)15-18-13-7-10(20-2)3-4-14(13)21-15/h3-8H,1-2H3,(H,16,17,19). The van der Waals surface area contributed by atoms with Gasteiger partial charge in [0.05, 0.1) is 28.6 Å². The third-order valence-corrected chi connectivity index (χ3v) is 4.03. The molecule has 106 valence electrons. The van der Waals surface area contributed by atoms with Crippen molar-refractivity contribution in [3.8, 4) is 16.3 Å². The Bertz CT molecular complexity index is 814. The molecule has 0 bridgehead atoms. The van der Waals surface area contributed by atoms with Gasteiger partial charge in [0, 0.05) is 25.4 Å². The number of nitrogens with one attached hydrogen (secondary N) is 1. The number of nitrogens with zero attached hydrogens (tertiary/aromatic N) is 2. The molecule has 2 aromatic heterocycles. The molecular weight excluding hydrogens is 286 g/mol. The van der Waals surface area contributed by atoms with E-state index < -0.39 is 0 Å². The van der Waals surface area contributed by atoms with E-state index in [4.69, 9.17) is 4.74 Å². The Hall–Kier alpha value is -2.47. The smallest absolute Gasteiger partial charge is 0.221 e. The number of fused-ring (bicyclic) bond motifs is 1. The zero-order valence-corrected chi connectivity index (χ0v) is 12.4. The molecule has 0 aliphatic rings. The second kappa shape index (κ2) is 5.49. The summed E-state index contributed by atoms with van der Waals surface area (Å²) in [5, 5.41) is 3.62. The van der Waals surface area contributed by atoms with Crippen LogP contribution in [-0.2, 0) is 4.79 Å². The highest BCUT2D eigenvalue weighted by Crippen LogP contribution is 2.35. The molecule has 21 heavy (non-hydrogen) atoms. The van der Waals surface area contributed by atoms with E-state index in [1.54, 1.807) is 36.9 Å². The Morgan fingerprint density at radius 3 is 2.95 bits per heavy atom. The fraction of sp³-hybridized carbons (Fsp3) is 0.133. The molecule has 2 heterocycles. The minimum atomic E-state index is -0.120. The number of pyridine rings is 1. The van der Waals surface area contributed by atoms with Gasteiger partial charge in [0.25, 0.3) is 0 Å². The number of methoxy groups -OCH3 is 1. The van der Waals surface area contributed by atoms with Gasteiger partial charge in [0.15, 0.2) is 0 Å². The third kappa shape index (κ3) is 2.71. The van der Waals surface area contributed by atoms with Crippen molar-refractivity contribution in [3.05, 3.63) is 36.7 Å². The van der Waals surface area contributed by atoms with Crippen LogP contribution in [0.15, 0.2) is 36.7 Å². The van der Waals surface area contributed by atoms with Crippen LogP contribution in [0.25, 0.3) is 20.8 Å². The average Bonchev–Trinajstić information content (AvgIpc) is 2.89. The summed E-state index contributed by atoms with van der Waals surface area (Å²) in [5.74, 6) is 0.651. The molecule has 0 fully saturated rings. The number of carbonyl (C=O) groups excluding carboxylic acids is 1. The summed E-state index contributed by atoms with van der Waals surface area (Å²) in [5.41, 5.74) is 2.39. The Morgan fingerprint density at radius 2 is 2.19 bits per heavy atom. The highest BCUT2D eigenvalue weighted by atomic mass is 32.1. The normalized spacial score (nSPS) is 10.6. The van der Waals surface area contributed by atoms with Crippen molar-refractivity contribution in [3.63, 3.8) is 0 Å². The number of amides is 1. The van der Waals surface area contributed by atoms with E-state index in [-0.39, 0.29) is 5.91 Å². The van der Waals surface area contributed by atoms with Crippen molar-refractivity contribution < 1.29 is 9.53 Å². The lowest BCUT2D eigenvalue weighted by Gasteiger charge is -2.06. The molecule has 0 aliphatic carbocycles. The maximum absolute atomic E-state index is 11.3. The van der Waals surface area contributed by atoms with Gasteiger partial charge in [-0.1, -0.05) is 0 Å². The van der Waals surface area contributed by atoms with Gasteiger partial charge in [-0.15, -0.1) is 11.3 Å². The lowest BCUT2D eigenvalue weighted by molar-refractivity contribution is -0.114. The molecule has 6 heteroatoms. The van der Waals surface area contributed by atoms with Gasteiger partial charge in [-0.25, -0.2) is 4.98 Å². The number of aromatic nitrogens is 2. The fourth-order valence-corrected chi connectivity index (χ4v) is 2.98. The minimum Gasteiger partial charge on any atom is -0.497 e. The first-order valence-electron chi connectivity index (χ1n) is 6.34. The van der Waals surface area contributed by atoms with Crippen LogP contribution in [0.1, 0.15) is 6.92 Å². The Morgan fingerprint density at radius 1 is 1.33 bits per heavy atom. The van der Waals surface area contributed by atoms with E-state index in [0.29, 0.717) is 5.69 Å². The molecular formula is C15H13N3O2S. The first kappa shape index (κ1) is 13.5. The molecule has 1 N–H and O–H groups in total. The van der Waals surface area contributed by atoms with E-state index in [9.17, 15) is 4.79 Å². The molecule has 0 saturated heterocycles. The maximum atomic E-state index is 11.3. The van der Waals surface area contributed by atoms with Gasteiger partial charge in [0.1, 0.15) is 10.8 Å². The molecule has 0 saturated carbocycles. The minimum absolute atomic E-state index is 0.120. The van der Waals surface area contributed by atoms with Crippen molar-refractivity contribution >= 4 is 33.1 Å². The third-order valence-electron chi connectivity index (χ3n) is 2.96. The van der Waals surface area contributed by atoms with Crippen LogP contribution >= 0.6 is 11.3 Å². The second-order valence-corrected chi connectivity index (χ2v) is 5.49. The Balaban J connectivity index is 2.10. The quantitative estimate of drug-likeness (QED) is 0.805. The lowest BCUT2D eigenvalue weighted by Crippen LogP contribution is -2.06. The molecule has 0 spiro atoms. The number of thiazole rings is 1. The van der Waals surface area contributed by atoms with Gasteiger partial charge < -0.3 is 10.1 Å². The fourth-order valence-electron chi connectivity index (χ4n) is 2.01. The summed E-state index contributed by atoms with van der Waals surface area (Å²) in [7, 11) is 1.63. The van der Waals surface area contributed by atoms with Crippen molar-refractivity contribution in [1.82, 2.24) is 9.97 Å². The van der Waals surface area contributed by atoms with Crippen LogP contribution < -0.4 is 10.1 Å². The predicted octanol–water partition coefficient (Wildman–Crippen LogP) is 3.33. The van der Waals surface area contributed by atoms with Gasteiger partial charge in [-0.05, 0) is 18.2 Å². The van der Waals surface area contributed by atoms with Gasteiger partial charge in [0.2, 0.25) is 5.91 Å². The highest BCUT2D eigenvalue weighted by Gasteiger charge is 2.12. The van der Waals surface area contributed by atoms with Crippen LogP contribution in [0.2, 0.25) is 0 Å². The van der Waals surface area contributed by atoms with Crippen molar-refractivity contribution in [2.45, 2.75) is 6.92 Å². The second-order valence-electron chi connectivity index (χ2n) is 4.46. The topological polar surface area (TPSA) is 64.1 Å². The number of rotatable bonds is 3. The zero-order chi connectivity index (χ0) is 14.8. The molecule has 3 aromatic rings. The number of anilines is 1. The first-order valence-corrected chi connectivity index (χ1v) is 7.15. The van der Waals surface area contributed by atoms with E-state index >= 15 is 0 Å². The highest BCUT2D eigenvalue weighted by molar-refractivity contribution is 7.21. The van der Waals surface area contributed by atoms with E-state index in [0.717, 1.165) is 26.5 Å². The van der Waals surface area contributed by atoms with Crippen LogP contribution in [0.3, 0.4) is 0 Å². The van der Waals surface area contributed by atoms with Crippen molar-refractivity contribution in [2.75, 3.05) is 12.4 Å². The summed E-state index contributed by atoms with van der Waals surface area (Å²) in [6, 6.07) is 7.54. The van der Waals surface area contributed by atoms with Crippen LogP contribution in [0, 0.1) is 0 Å². The zero-order valence-electron chi connectivity index (χ0n) is 11.6. The number of hydrogen-bond acceptors (Lipinski definition) is 5. The number of ether oxygens (including phenoxy) is 1. The molecule has 0 aliphatic heterocycles. The molecule has 0 unspecified atom stereocenters. The molecule has 5 nitrogen and oxygen atoms in total. The van der Waals surface area contributed by atoms with Crippen molar-refractivity contribution in [2.24, 2.45) is 0 Å². The van der Waals surface area contributed by atoms with E-state index in [1.165, 1.54) is 6.92 Å². The van der Waals surface area contributed by atoms with Gasteiger partial charge >= 0.3 is 0 Å². The molecule has 1 amide bonds. The van der Waals surface area contributed by atoms with Gasteiger partial charge in [-0.2, -0.15) is 0 Å². The summed E-state index contributed by atoms with van der Waals surface area (Å²) < 4.78 is 6.27. The number of benzene rings is 1. The lowest BCUT2D eigenvalue weighted by atomic mass is 10.2. The summed E-state index contributed by atoms with van der Waals surface area (Å²) in [6.07, 6.45) is 3.35. The average molecular weight is 299 g/mol. The number of hydrogen-bond donors (Lipinski definition) is 1. The van der Waals surface area contributed by atoms with Crippen LogP contribution in [0.4, 0.5) is 5.69 Å². The Kier molecular flexibility index (Phi) is 3.53. The van der Waals surface area contributed by atoms with E-state index in [2.05, 4.69) is 15.3 Å². The number of carbonyl (C=O) groups is 1. The molecule has 3 rings (SSSR count). The monoisotopic (exact) mass is 299 g/mol. The first-order chi connectivity index (χ1) is 10.2.